The van der Waals surface area contributed by atoms with E-state index in [1.54, 1.807) is 0 Å². The summed E-state index contributed by atoms with van der Waals surface area (Å²) in [5, 5.41) is 9.47. The van der Waals surface area contributed by atoms with Crippen molar-refractivity contribution in [2.45, 2.75) is 46.6 Å². The van der Waals surface area contributed by atoms with Crippen LogP contribution >= 0.6 is 0 Å². The molecular formula is C21H25N3O. The van der Waals surface area contributed by atoms with E-state index in [1.807, 2.05) is 26.0 Å². The van der Waals surface area contributed by atoms with E-state index in [9.17, 15) is 5.26 Å². The van der Waals surface area contributed by atoms with Crippen molar-refractivity contribution >= 4 is 5.82 Å². The summed E-state index contributed by atoms with van der Waals surface area (Å²) < 4.78 is 6.17. The average Bonchev–Trinajstić information content (AvgIpc) is 2.58. The van der Waals surface area contributed by atoms with E-state index in [0.29, 0.717) is 5.56 Å². The molecular weight excluding hydrogens is 310 g/mol. The molecule has 130 valence electrons. The third kappa shape index (κ3) is 3.76. The van der Waals surface area contributed by atoms with Crippen LogP contribution in [0, 0.1) is 39.0 Å². The minimum atomic E-state index is 0.217. The number of benzene rings is 1. The minimum absolute atomic E-state index is 0.217. The second kappa shape index (κ2) is 7.14. The number of hydrogen-bond donors (Lipinski definition) is 0. The van der Waals surface area contributed by atoms with Gasteiger partial charge in [-0.15, -0.1) is 0 Å². The van der Waals surface area contributed by atoms with Gasteiger partial charge in [-0.1, -0.05) is 6.07 Å². The van der Waals surface area contributed by atoms with Crippen LogP contribution in [0.25, 0.3) is 0 Å². The first-order chi connectivity index (χ1) is 12.0. The molecule has 0 aliphatic carbocycles. The molecule has 0 amide bonds. The van der Waals surface area contributed by atoms with Crippen LogP contribution in [0.15, 0.2) is 24.3 Å². The van der Waals surface area contributed by atoms with Gasteiger partial charge in [-0.3, -0.25) is 0 Å². The third-order valence-electron chi connectivity index (χ3n) is 4.96. The van der Waals surface area contributed by atoms with Gasteiger partial charge in [0.25, 0.3) is 0 Å². The van der Waals surface area contributed by atoms with Crippen LogP contribution in [-0.2, 0) is 0 Å². The van der Waals surface area contributed by atoms with Gasteiger partial charge in [0.2, 0.25) is 0 Å². The Bertz CT molecular complexity index is 815. The molecule has 1 aromatic heterocycles. The molecule has 2 aromatic rings. The number of piperidine rings is 1. The van der Waals surface area contributed by atoms with E-state index >= 15 is 0 Å². The van der Waals surface area contributed by atoms with Crippen LogP contribution in [0.1, 0.15) is 40.8 Å². The summed E-state index contributed by atoms with van der Waals surface area (Å²) in [6, 6.07) is 10.6. The number of nitriles is 1. The Morgan fingerprint density at radius 1 is 1.04 bits per heavy atom. The molecule has 0 radical (unpaired) electrons. The molecule has 1 aromatic carbocycles. The van der Waals surface area contributed by atoms with Crippen LogP contribution in [0.2, 0.25) is 0 Å². The summed E-state index contributed by atoms with van der Waals surface area (Å²) in [6.07, 6.45) is 2.09. The number of pyridine rings is 1. The molecule has 0 N–H and O–H groups in total. The molecule has 1 saturated heterocycles. The first kappa shape index (κ1) is 17.3. The van der Waals surface area contributed by atoms with Crippen molar-refractivity contribution in [3.05, 3.63) is 52.2 Å². The van der Waals surface area contributed by atoms with Crippen molar-refractivity contribution in [1.82, 2.24) is 4.98 Å². The monoisotopic (exact) mass is 335 g/mol. The lowest BCUT2D eigenvalue weighted by Crippen LogP contribution is -2.39. The Morgan fingerprint density at radius 3 is 2.40 bits per heavy atom. The number of nitrogens with zero attached hydrogens (tertiary/aromatic N) is 3. The summed E-state index contributed by atoms with van der Waals surface area (Å²) in [6.45, 7) is 9.90. The highest BCUT2D eigenvalue weighted by Gasteiger charge is 2.24. The standard InChI is InChI=1S/C21H25N3O/c1-14-5-6-19(12-15(14)2)25-18-7-9-24(10-8-18)21-20(13-22)16(3)11-17(4)23-21/h5-6,11-12,18H,7-10H2,1-4H3. The summed E-state index contributed by atoms with van der Waals surface area (Å²) in [4.78, 5) is 6.84. The van der Waals surface area contributed by atoms with Gasteiger partial charge in [-0.25, -0.2) is 4.98 Å². The lowest BCUT2D eigenvalue weighted by molar-refractivity contribution is 0.170. The zero-order chi connectivity index (χ0) is 18.0. The van der Waals surface area contributed by atoms with Gasteiger partial charge in [-0.2, -0.15) is 5.26 Å². The highest BCUT2D eigenvalue weighted by atomic mass is 16.5. The topological polar surface area (TPSA) is 49.2 Å². The summed E-state index contributed by atoms with van der Waals surface area (Å²) in [5.74, 6) is 1.77. The van der Waals surface area contributed by atoms with Gasteiger partial charge in [0.1, 0.15) is 23.7 Å². The highest BCUT2D eigenvalue weighted by molar-refractivity contribution is 5.58. The van der Waals surface area contributed by atoms with E-state index in [1.165, 1.54) is 11.1 Å². The van der Waals surface area contributed by atoms with Crippen molar-refractivity contribution < 1.29 is 4.74 Å². The molecule has 1 aliphatic rings. The lowest BCUT2D eigenvalue weighted by atomic mass is 10.0. The molecule has 0 atom stereocenters. The fourth-order valence-electron chi connectivity index (χ4n) is 3.35. The predicted molar refractivity (Wildman–Crippen MR) is 100 cm³/mol. The molecule has 4 nitrogen and oxygen atoms in total. The zero-order valence-electron chi connectivity index (χ0n) is 15.5. The summed E-state index contributed by atoms with van der Waals surface area (Å²) in [5.41, 5.74) is 5.19. The summed E-state index contributed by atoms with van der Waals surface area (Å²) >= 11 is 0. The largest absolute Gasteiger partial charge is 0.490 e. The maximum atomic E-state index is 9.47. The quantitative estimate of drug-likeness (QED) is 0.842. The SMILES string of the molecule is Cc1cc(C)c(C#N)c(N2CCC(Oc3ccc(C)c(C)c3)CC2)n1. The first-order valence-electron chi connectivity index (χ1n) is 8.85. The second-order valence-corrected chi connectivity index (χ2v) is 6.94. The Balaban J connectivity index is 1.68. The molecule has 25 heavy (non-hydrogen) atoms. The van der Waals surface area contributed by atoms with Crippen LogP contribution in [0.4, 0.5) is 5.82 Å². The first-order valence-corrected chi connectivity index (χ1v) is 8.85. The lowest BCUT2D eigenvalue weighted by Gasteiger charge is -2.33. The number of ether oxygens (including phenoxy) is 1. The third-order valence-corrected chi connectivity index (χ3v) is 4.96. The second-order valence-electron chi connectivity index (χ2n) is 6.94. The van der Waals surface area contributed by atoms with Crippen molar-refractivity contribution in [1.29, 1.82) is 5.26 Å². The van der Waals surface area contributed by atoms with E-state index in [4.69, 9.17) is 4.74 Å². The molecule has 0 unspecified atom stereocenters. The zero-order valence-corrected chi connectivity index (χ0v) is 15.5. The molecule has 1 aliphatic heterocycles. The molecule has 3 rings (SSSR count). The fraction of sp³-hybridized carbons (Fsp3) is 0.429. The van der Waals surface area contributed by atoms with Gasteiger partial charge in [0, 0.05) is 31.6 Å². The number of aromatic nitrogens is 1. The van der Waals surface area contributed by atoms with E-state index in [-0.39, 0.29) is 6.10 Å². The number of aryl methyl sites for hydroxylation is 4. The minimum Gasteiger partial charge on any atom is -0.490 e. The van der Waals surface area contributed by atoms with Crippen LogP contribution in [0.5, 0.6) is 5.75 Å². The number of rotatable bonds is 3. The molecule has 2 heterocycles. The normalized spacial score (nSPS) is 15.1. The van der Waals surface area contributed by atoms with Crippen LogP contribution in [-0.4, -0.2) is 24.2 Å². The van der Waals surface area contributed by atoms with Crippen LogP contribution in [0.3, 0.4) is 0 Å². The van der Waals surface area contributed by atoms with Crippen molar-refractivity contribution in [3.63, 3.8) is 0 Å². The maximum absolute atomic E-state index is 9.47. The predicted octanol–water partition coefficient (Wildman–Crippen LogP) is 4.23. The molecule has 0 spiro atoms. The maximum Gasteiger partial charge on any atom is 0.147 e. The van der Waals surface area contributed by atoms with Crippen LogP contribution < -0.4 is 9.64 Å². The highest BCUT2D eigenvalue weighted by Crippen LogP contribution is 2.27. The van der Waals surface area contributed by atoms with Gasteiger partial charge in [-0.05, 0) is 62.6 Å². The molecule has 1 fully saturated rings. The van der Waals surface area contributed by atoms with Gasteiger partial charge < -0.3 is 9.64 Å². The van der Waals surface area contributed by atoms with Crippen molar-refractivity contribution in [2.24, 2.45) is 0 Å². The van der Waals surface area contributed by atoms with Crippen molar-refractivity contribution in [2.75, 3.05) is 18.0 Å². The van der Waals surface area contributed by atoms with Gasteiger partial charge in [0.05, 0.1) is 5.56 Å². The summed E-state index contributed by atoms with van der Waals surface area (Å²) in [7, 11) is 0. The Morgan fingerprint density at radius 2 is 1.76 bits per heavy atom. The van der Waals surface area contributed by atoms with Crippen molar-refractivity contribution in [3.8, 4) is 11.8 Å². The Kier molecular flexibility index (Phi) is 4.94. The number of anilines is 1. The van der Waals surface area contributed by atoms with Gasteiger partial charge >= 0.3 is 0 Å². The average molecular weight is 335 g/mol. The molecule has 0 saturated carbocycles. The van der Waals surface area contributed by atoms with Gasteiger partial charge in [0.15, 0.2) is 0 Å². The molecule has 4 heteroatoms. The molecule has 0 bridgehead atoms. The van der Waals surface area contributed by atoms with E-state index in [2.05, 4.69) is 41.9 Å². The fourth-order valence-corrected chi connectivity index (χ4v) is 3.35. The Hall–Kier alpha value is -2.54. The van der Waals surface area contributed by atoms with E-state index in [0.717, 1.165) is 48.8 Å². The van der Waals surface area contributed by atoms with E-state index < -0.39 is 0 Å². The Labute approximate surface area is 150 Å². The number of hydrogen-bond acceptors (Lipinski definition) is 4. The smallest absolute Gasteiger partial charge is 0.147 e.